The van der Waals surface area contributed by atoms with E-state index >= 15 is 0 Å². The highest BCUT2D eigenvalue weighted by Crippen LogP contribution is 2.40. The summed E-state index contributed by atoms with van der Waals surface area (Å²) in [4.78, 5) is 0. The molecule has 2 atom stereocenters. The Bertz CT molecular complexity index is 808. The predicted octanol–water partition coefficient (Wildman–Crippen LogP) is 1.90. The number of benzene rings is 2. The summed E-state index contributed by atoms with van der Waals surface area (Å²) in [6.07, 6.45) is 1.03. The average Bonchev–Trinajstić information content (AvgIpc) is 2.75. The second-order valence-electron chi connectivity index (χ2n) is 6.05. The third-order valence-corrected chi connectivity index (χ3v) is 4.26. The molecule has 0 amide bonds. The largest absolute Gasteiger partial charge is 0.502 e. The van der Waals surface area contributed by atoms with Crippen LogP contribution in [0.25, 0.3) is 6.08 Å². The highest BCUT2D eigenvalue weighted by atomic mass is 16.5. The van der Waals surface area contributed by atoms with E-state index in [-0.39, 0.29) is 23.9 Å². The van der Waals surface area contributed by atoms with Crippen LogP contribution in [0.5, 0.6) is 28.7 Å². The number of aliphatic hydroxyl groups is 3. The van der Waals surface area contributed by atoms with E-state index in [9.17, 15) is 15.3 Å². The number of aliphatic hydroxyl groups excluding tert-OH is 3. The van der Waals surface area contributed by atoms with Gasteiger partial charge in [-0.05, 0) is 35.4 Å². The first-order valence-electron chi connectivity index (χ1n) is 8.84. The van der Waals surface area contributed by atoms with Crippen molar-refractivity contribution in [3.05, 3.63) is 47.5 Å². The summed E-state index contributed by atoms with van der Waals surface area (Å²) in [6, 6.07) is 7.97. The molecule has 2 rings (SSSR count). The molecule has 2 aromatic rings. The van der Waals surface area contributed by atoms with Gasteiger partial charge in [-0.3, -0.25) is 0 Å². The molecule has 0 saturated carbocycles. The molecule has 0 aliphatic carbocycles. The van der Waals surface area contributed by atoms with Gasteiger partial charge in [0.05, 0.1) is 34.5 Å². The zero-order chi connectivity index (χ0) is 21.4. The van der Waals surface area contributed by atoms with Crippen LogP contribution in [0, 0.1) is 0 Å². The number of aromatic hydroxyl groups is 1. The summed E-state index contributed by atoms with van der Waals surface area (Å²) in [6.45, 7) is -0.569. The van der Waals surface area contributed by atoms with Crippen molar-refractivity contribution >= 4 is 6.08 Å². The van der Waals surface area contributed by atoms with Crippen LogP contribution in [0.3, 0.4) is 0 Å². The molecule has 8 nitrogen and oxygen atoms in total. The van der Waals surface area contributed by atoms with Gasteiger partial charge in [-0.15, -0.1) is 0 Å². The maximum absolute atomic E-state index is 10.7. The fourth-order valence-corrected chi connectivity index (χ4v) is 2.74. The molecular weight excluding hydrogens is 380 g/mol. The van der Waals surface area contributed by atoms with Crippen molar-refractivity contribution in [3.8, 4) is 28.7 Å². The van der Waals surface area contributed by atoms with Crippen molar-refractivity contribution < 1.29 is 39.4 Å². The molecule has 8 heteroatoms. The van der Waals surface area contributed by atoms with Crippen molar-refractivity contribution in [2.45, 2.75) is 12.2 Å². The second-order valence-corrected chi connectivity index (χ2v) is 6.05. The molecular formula is C21H26O8. The smallest absolute Gasteiger partial charge is 0.200 e. The summed E-state index contributed by atoms with van der Waals surface area (Å²) < 4.78 is 21.3. The van der Waals surface area contributed by atoms with E-state index in [1.54, 1.807) is 30.4 Å². The Kier molecular flexibility index (Phi) is 8.14. The quantitative estimate of drug-likeness (QED) is 0.473. The first-order chi connectivity index (χ1) is 14.0. The Balaban J connectivity index is 2.31. The lowest BCUT2D eigenvalue weighted by molar-refractivity contribution is -0.000613. The molecule has 158 valence electrons. The van der Waals surface area contributed by atoms with Gasteiger partial charge < -0.3 is 39.4 Å². The Morgan fingerprint density at radius 3 is 2.03 bits per heavy atom. The van der Waals surface area contributed by atoms with Gasteiger partial charge in [0.25, 0.3) is 0 Å². The van der Waals surface area contributed by atoms with Crippen molar-refractivity contribution in [2.24, 2.45) is 0 Å². The van der Waals surface area contributed by atoms with Gasteiger partial charge in [0.1, 0.15) is 6.10 Å². The average molecular weight is 406 g/mol. The summed E-state index contributed by atoms with van der Waals surface area (Å²) in [7, 11) is 4.23. The van der Waals surface area contributed by atoms with Crippen molar-refractivity contribution in [3.63, 3.8) is 0 Å². The molecule has 0 saturated heterocycles. The topological polar surface area (TPSA) is 118 Å². The van der Waals surface area contributed by atoms with Crippen molar-refractivity contribution in [1.82, 2.24) is 0 Å². The predicted molar refractivity (Wildman–Crippen MR) is 107 cm³/mol. The number of ether oxygens (including phenoxy) is 4. The molecule has 0 heterocycles. The van der Waals surface area contributed by atoms with Gasteiger partial charge in [0.2, 0.25) is 5.75 Å². The SMILES string of the molecule is COc1cc(/C=C/CO)ccc1O[C@@H](CO)[C@H](O)c1cc(OC)c(O)c(OC)c1. The molecule has 0 aliphatic heterocycles. The maximum Gasteiger partial charge on any atom is 0.200 e. The Morgan fingerprint density at radius 1 is 0.897 bits per heavy atom. The minimum Gasteiger partial charge on any atom is -0.502 e. The minimum absolute atomic E-state index is 0.0844. The molecule has 0 bridgehead atoms. The van der Waals surface area contributed by atoms with Gasteiger partial charge in [-0.25, -0.2) is 0 Å². The third-order valence-electron chi connectivity index (χ3n) is 4.26. The van der Waals surface area contributed by atoms with Crippen LogP contribution in [0.15, 0.2) is 36.4 Å². The molecule has 0 spiro atoms. The van der Waals surface area contributed by atoms with Crippen LogP contribution < -0.4 is 18.9 Å². The van der Waals surface area contributed by atoms with Gasteiger partial charge >= 0.3 is 0 Å². The molecule has 0 radical (unpaired) electrons. The number of hydrogen-bond acceptors (Lipinski definition) is 8. The molecule has 2 aromatic carbocycles. The Hall–Kier alpha value is -2.94. The molecule has 0 aromatic heterocycles. The monoisotopic (exact) mass is 406 g/mol. The summed E-state index contributed by atoms with van der Waals surface area (Å²) >= 11 is 0. The Morgan fingerprint density at radius 2 is 1.52 bits per heavy atom. The lowest BCUT2D eigenvalue weighted by Gasteiger charge is -2.24. The van der Waals surface area contributed by atoms with E-state index in [4.69, 9.17) is 24.1 Å². The van der Waals surface area contributed by atoms with Gasteiger partial charge in [-0.2, -0.15) is 0 Å². The van der Waals surface area contributed by atoms with Gasteiger partial charge in [-0.1, -0.05) is 18.2 Å². The number of methoxy groups -OCH3 is 3. The van der Waals surface area contributed by atoms with Crippen molar-refractivity contribution in [2.75, 3.05) is 34.5 Å². The van der Waals surface area contributed by atoms with Crippen LogP contribution in [0.2, 0.25) is 0 Å². The molecule has 0 aliphatic rings. The third kappa shape index (κ3) is 5.32. The highest BCUT2D eigenvalue weighted by molar-refractivity contribution is 5.56. The Labute approximate surface area is 169 Å². The number of phenols is 1. The second kappa shape index (κ2) is 10.6. The van der Waals surface area contributed by atoms with Crippen LogP contribution in [-0.2, 0) is 0 Å². The lowest BCUT2D eigenvalue weighted by Crippen LogP contribution is -2.29. The van der Waals surface area contributed by atoms with E-state index in [0.29, 0.717) is 17.1 Å². The van der Waals surface area contributed by atoms with E-state index in [1.807, 2.05) is 0 Å². The van der Waals surface area contributed by atoms with Crippen LogP contribution in [0.4, 0.5) is 0 Å². The highest BCUT2D eigenvalue weighted by Gasteiger charge is 2.26. The van der Waals surface area contributed by atoms with Crippen molar-refractivity contribution in [1.29, 1.82) is 0 Å². The standard InChI is InChI=1S/C21H26O8/c1-26-16-9-13(5-4-8-22)6-7-15(16)29-19(12-23)20(24)14-10-17(27-2)21(25)18(11-14)28-3/h4-7,9-11,19-20,22-25H,8,12H2,1-3H3/b5-4+/t19-,20+/m0/s1. The van der Waals surface area contributed by atoms with Crippen LogP contribution in [0.1, 0.15) is 17.2 Å². The fraction of sp³-hybridized carbons (Fsp3) is 0.333. The molecule has 0 unspecified atom stereocenters. The first-order valence-corrected chi connectivity index (χ1v) is 8.84. The lowest BCUT2D eigenvalue weighted by atomic mass is 10.0. The van der Waals surface area contributed by atoms with E-state index in [1.165, 1.54) is 33.5 Å². The summed E-state index contributed by atoms with van der Waals surface area (Å²) in [5.74, 6) is 0.766. The molecule has 0 fully saturated rings. The molecule has 29 heavy (non-hydrogen) atoms. The van der Waals surface area contributed by atoms with Gasteiger partial charge in [0, 0.05) is 0 Å². The molecule has 4 N–H and O–H groups in total. The maximum atomic E-state index is 10.7. The first kappa shape index (κ1) is 22.4. The van der Waals surface area contributed by atoms with Gasteiger partial charge in [0.15, 0.2) is 29.1 Å². The zero-order valence-electron chi connectivity index (χ0n) is 16.5. The van der Waals surface area contributed by atoms with E-state index < -0.39 is 18.8 Å². The zero-order valence-corrected chi connectivity index (χ0v) is 16.5. The summed E-state index contributed by atoms with van der Waals surface area (Å²) in [5.41, 5.74) is 1.12. The van der Waals surface area contributed by atoms with E-state index in [2.05, 4.69) is 0 Å². The van der Waals surface area contributed by atoms with Crippen LogP contribution >= 0.6 is 0 Å². The van der Waals surface area contributed by atoms with E-state index in [0.717, 1.165) is 5.56 Å². The van der Waals surface area contributed by atoms with Crippen LogP contribution in [-0.4, -0.2) is 61.1 Å². The number of hydrogen-bond donors (Lipinski definition) is 4. The number of rotatable bonds is 10. The number of phenolic OH excluding ortho intramolecular Hbond substituents is 1. The summed E-state index contributed by atoms with van der Waals surface area (Å²) in [5, 5.41) is 39.5. The minimum atomic E-state index is -1.25. The fourth-order valence-electron chi connectivity index (χ4n) is 2.74. The normalized spacial score (nSPS) is 13.2.